The van der Waals surface area contributed by atoms with Crippen LogP contribution in [0.4, 0.5) is 9.59 Å². The fourth-order valence-electron chi connectivity index (χ4n) is 5.28. The molecule has 0 spiro atoms. The van der Waals surface area contributed by atoms with Crippen molar-refractivity contribution in [3.63, 3.8) is 0 Å². The molecule has 1 heterocycles. The van der Waals surface area contributed by atoms with Crippen LogP contribution in [0, 0.1) is 0 Å². The topological polar surface area (TPSA) is 96.4 Å². The standard InChI is InChI=1S/C29H36N2O6/c1-19(26(32)33)31(20-10-9-16-30(17-15-20)27(34)37-29(2,3)4)28(35)36-18-25-23-13-7-5-11-21(23)22-12-6-8-14-24(22)25/h5-8,11-14,19-20,25H,9-10,15-18H2,1-4H3,(H,32,33)/t19-,20?/m1/s1. The van der Waals surface area contributed by atoms with Crippen LogP contribution in [0.15, 0.2) is 48.5 Å². The molecule has 1 aliphatic carbocycles. The van der Waals surface area contributed by atoms with Crippen LogP contribution in [-0.4, -0.2) is 70.4 Å². The number of amides is 2. The summed E-state index contributed by atoms with van der Waals surface area (Å²) in [5, 5.41) is 9.78. The fourth-order valence-corrected chi connectivity index (χ4v) is 5.28. The normalized spacial score (nSPS) is 18.3. The third-order valence-corrected chi connectivity index (χ3v) is 7.06. The average Bonchev–Trinajstić information content (AvgIpc) is 2.97. The Hall–Kier alpha value is -3.55. The number of hydrogen-bond donors (Lipinski definition) is 1. The van der Waals surface area contributed by atoms with Crippen LogP contribution in [0.3, 0.4) is 0 Å². The summed E-state index contributed by atoms with van der Waals surface area (Å²) in [5.74, 6) is -1.21. The van der Waals surface area contributed by atoms with Gasteiger partial charge in [0, 0.05) is 25.0 Å². The lowest BCUT2D eigenvalue weighted by molar-refractivity contribution is -0.143. The first kappa shape index (κ1) is 26.5. The lowest BCUT2D eigenvalue weighted by Crippen LogP contribution is -2.50. The van der Waals surface area contributed by atoms with E-state index < -0.39 is 29.8 Å². The Balaban J connectivity index is 1.48. The highest BCUT2D eigenvalue weighted by Crippen LogP contribution is 2.44. The maximum Gasteiger partial charge on any atom is 0.410 e. The van der Waals surface area contributed by atoms with Gasteiger partial charge in [0.1, 0.15) is 18.2 Å². The van der Waals surface area contributed by atoms with E-state index in [4.69, 9.17) is 9.47 Å². The summed E-state index contributed by atoms with van der Waals surface area (Å²) in [6, 6.07) is 14.7. The zero-order chi connectivity index (χ0) is 26.7. The van der Waals surface area contributed by atoms with Gasteiger partial charge in [-0.05, 0) is 69.2 Å². The predicted molar refractivity (Wildman–Crippen MR) is 139 cm³/mol. The number of likely N-dealkylation sites (tertiary alicyclic amines) is 1. The monoisotopic (exact) mass is 508 g/mol. The molecule has 2 amide bonds. The number of carbonyl (C=O) groups is 3. The number of carboxylic acids is 1. The molecule has 2 aromatic carbocycles. The number of ether oxygens (including phenoxy) is 2. The molecule has 1 saturated heterocycles. The molecule has 1 unspecified atom stereocenters. The molecule has 2 aliphatic rings. The number of benzene rings is 2. The van der Waals surface area contributed by atoms with Gasteiger partial charge in [-0.3, -0.25) is 4.90 Å². The average molecular weight is 509 g/mol. The first-order chi connectivity index (χ1) is 17.6. The van der Waals surface area contributed by atoms with Crippen LogP contribution in [0.1, 0.15) is 64.0 Å². The molecule has 1 aliphatic heterocycles. The van der Waals surface area contributed by atoms with Crippen LogP contribution in [-0.2, 0) is 14.3 Å². The smallest absolute Gasteiger partial charge is 0.410 e. The second-order valence-electron chi connectivity index (χ2n) is 10.8. The van der Waals surface area contributed by atoms with Crippen LogP contribution < -0.4 is 0 Å². The van der Waals surface area contributed by atoms with Crippen LogP contribution in [0.5, 0.6) is 0 Å². The Morgan fingerprint density at radius 2 is 1.59 bits per heavy atom. The quantitative estimate of drug-likeness (QED) is 0.573. The van der Waals surface area contributed by atoms with Gasteiger partial charge in [0.25, 0.3) is 0 Å². The first-order valence-electron chi connectivity index (χ1n) is 12.9. The highest BCUT2D eigenvalue weighted by molar-refractivity contribution is 5.81. The summed E-state index contributed by atoms with van der Waals surface area (Å²) in [7, 11) is 0. The molecule has 0 saturated carbocycles. The summed E-state index contributed by atoms with van der Waals surface area (Å²) >= 11 is 0. The first-order valence-corrected chi connectivity index (χ1v) is 12.9. The zero-order valence-electron chi connectivity index (χ0n) is 22.0. The molecular formula is C29H36N2O6. The number of aliphatic carboxylic acids is 1. The van der Waals surface area contributed by atoms with E-state index >= 15 is 0 Å². The van der Waals surface area contributed by atoms with Crippen LogP contribution in [0.2, 0.25) is 0 Å². The Labute approximate surface area is 218 Å². The van der Waals surface area contributed by atoms with Crippen molar-refractivity contribution >= 4 is 18.2 Å². The van der Waals surface area contributed by atoms with E-state index in [1.807, 2.05) is 57.2 Å². The zero-order valence-corrected chi connectivity index (χ0v) is 22.0. The largest absolute Gasteiger partial charge is 0.480 e. The van der Waals surface area contributed by atoms with E-state index in [1.54, 1.807) is 4.90 Å². The van der Waals surface area contributed by atoms with Crippen LogP contribution in [0.25, 0.3) is 11.1 Å². The highest BCUT2D eigenvalue weighted by atomic mass is 16.6. The van der Waals surface area contributed by atoms with E-state index in [0.29, 0.717) is 32.4 Å². The predicted octanol–water partition coefficient (Wildman–Crippen LogP) is 5.50. The van der Waals surface area contributed by atoms with E-state index in [0.717, 1.165) is 22.3 Å². The van der Waals surface area contributed by atoms with E-state index in [1.165, 1.54) is 11.8 Å². The minimum Gasteiger partial charge on any atom is -0.480 e. The second-order valence-corrected chi connectivity index (χ2v) is 10.8. The molecule has 2 aromatic rings. The molecule has 0 bridgehead atoms. The molecule has 1 N–H and O–H groups in total. The molecule has 1 fully saturated rings. The van der Waals surface area contributed by atoms with Gasteiger partial charge in [-0.15, -0.1) is 0 Å². The van der Waals surface area contributed by atoms with Crippen molar-refractivity contribution in [2.45, 2.75) is 70.6 Å². The highest BCUT2D eigenvalue weighted by Gasteiger charge is 2.37. The molecule has 8 heteroatoms. The van der Waals surface area contributed by atoms with Gasteiger partial charge >= 0.3 is 18.2 Å². The Morgan fingerprint density at radius 1 is 1.00 bits per heavy atom. The summed E-state index contributed by atoms with van der Waals surface area (Å²) in [6.45, 7) is 7.94. The number of hydrogen-bond acceptors (Lipinski definition) is 5. The molecule has 2 atom stereocenters. The van der Waals surface area contributed by atoms with Crippen molar-refractivity contribution in [2.75, 3.05) is 19.7 Å². The van der Waals surface area contributed by atoms with Crippen molar-refractivity contribution in [1.29, 1.82) is 0 Å². The maximum absolute atomic E-state index is 13.4. The second kappa shape index (κ2) is 10.8. The molecule has 0 aromatic heterocycles. The molecule has 198 valence electrons. The SMILES string of the molecule is C[C@H](C(=O)O)N(C(=O)OCC1c2ccccc2-c2ccccc21)C1CCCN(C(=O)OC(C)(C)C)CC1. The summed E-state index contributed by atoms with van der Waals surface area (Å²) in [4.78, 5) is 40.9. The maximum atomic E-state index is 13.4. The fraction of sp³-hybridized carbons (Fsp3) is 0.483. The van der Waals surface area contributed by atoms with Crippen LogP contribution >= 0.6 is 0 Å². The third-order valence-electron chi connectivity index (χ3n) is 7.06. The number of rotatable bonds is 5. The number of nitrogens with zero attached hydrogens (tertiary/aromatic N) is 2. The van der Waals surface area contributed by atoms with E-state index in [-0.39, 0.29) is 18.6 Å². The van der Waals surface area contributed by atoms with Gasteiger partial charge in [0.15, 0.2) is 0 Å². The lowest BCUT2D eigenvalue weighted by atomic mass is 9.98. The minimum atomic E-state index is -1.10. The van der Waals surface area contributed by atoms with Gasteiger partial charge in [-0.2, -0.15) is 0 Å². The van der Waals surface area contributed by atoms with E-state index in [2.05, 4.69) is 12.1 Å². The molecule has 8 nitrogen and oxygen atoms in total. The minimum absolute atomic E-state index is 0.116. The summed E-state index contributed by atoms with van der Waals surface area (Å²) in [5.41, 5.74) is 3.84. The molecule has 37 heavy (non-hydrogen) atoms. The van der Waals surface area contributed by atoms with E-state index in [9.17, 15) is 19.5 Å². The van der Waals surface area contributed by atoms with Crippen molar-refractivity contribution in [3.8, 4) is 11.1 Å². The van der Waals surface area contributed by atoms with Gasteiger partial charge in [-0.25, -0.2) is 14.4 Å². The van der Waals surface area contributed by atoms with Crippen molar-refractivity contribution < 1.29 is 29.0 Å². The van der Waals surface area contributed by atoms with Gasteiger partial charge in [0.05, 0.1) is 0 Å². The Kier molecular flexibility index (Phi) is 7.76. The van der Waals surface area contributed by atoms with Crippen molar-refractivity contribution in [3.05, 3.63) is 59.7 Å². The van der Waals surface area contributed by atoms with Gasteiger partial charge in [-0.1, -0.05) is 48.5 Å². The molecular weight excluding hydrogens is 472 g/mol. The molecule has 0 radical (unpaired) electrons. The molecule has 4 rings (SSSR count). The lowest BCUT2D eigenvalue weighted by Gasteiger charge is -2.33. The van der Waals surface area contributed by atoms with Gasteiger partial charge in [0.2, 0.25) is 0 Å². The number of fused-ring (bicyclic) bond motifs is 3. The van der Waals surface area contributed by atoms with Crippen molar-refractivity contribution in [2.24, 2.45) is 0 Å². The van der Waals surface area contributed by atoms with Crippen molar-refractivity contribution in [1.82, 2.24) is 9.80 Å². The Morgan fingerprint density at radius 3 is 2.16 bits per heavy atom. The third kappa shape index (κ3) is 5.89. The number of carboxylic acid groups (broad SMARTS) is 1. The Bertz CT molecular complexity index is 1110. The summed E-state index contributed by atoms with van der Waals surface area (Å²) < 4.78 is 11.3. The summed E-state index contributed by atoms with van der Waals surface area (Å²) in [6.07, 6.45) is 0.602. The van der Waals surface area contributed by atoms with Gasteiger partial charge < -0.3 is 19.5 Å². The number of carbonyl (C=O) groups excluding carboxylic acids is 2.